The minimum atomic E-state index is -0.591. The molecule has 0 atom stereocenters. The van der Waals surface area contributed by atoms with Crippen molar-refractivity contribution >= 4 is 22.6 Å². The fraction of sp³-hybridized carbons (Fsp3) is 0.273. The maximum atomic E-state index is 13.3. The molecule has 0 bridgehead atoms. The number of carbonyl (C=O) groups is 1. The van der Waals surface area contributed by atoms with E-state index in [9.17, 15) is 14.4 Å². The largest absolute Gasteiger partial charge is 0.467 e. The predicted octanol–water partition coefficient (Wildman–Crippen LogP) is 2.28. The van der Waals surface area contributed by atoms with Crippen molar-refractivity contribution in [1.82, 2.24) is 18.9 Å². The average molecular weight is 421 g/mol. The quantitative estimate of drug-likeness (QED) is 0.514. The number of fused-ring (bicyclic) bond motifs is 1. The fourth-order valence-electron chi connectivity index (χ4n) is 3.70. The molecule has 9 heteroatoms. The van der Waals surface area contributed by atoms with E-state index in [1.807, 2.05) is 32.0 Å². The topological polar surface area (TPSA) is 104 Å². The van der Waals surface area contributed by atoms with Gasteiger partial charge in [0.25, 0.3) is 5.56 Å². The van der Waals surface area contributed by atoms with E-state index in [-0.39, 0.29) is 24.5 Å². The van der Waals surface area contributed by atoms with Crippen molar-refractivity contribution in [2.45, 2.75) is 40.4 Å². The maximum absolute atomic E-state index is 13.3. The van der Waals surface area contributed by atoms with Gasteiger partial charge in [0.1, 0.15) is 17.8 Å². The highest BCUT2D eigenvalue weighted by atomic mass is 16.3. The van der Waals surface area contributed by atoms with Crippen molar-refractivity contribution in [1.29, 1.82) is 0 Å². The molecule has 0 aliphatic carbocycles. The third-order valence-corrected chi connectivity index (χ3v) is 5.07. The third kappa shape index (κ3) is 3.81. The van der Waals surface area contributed by atoms with E-state index in [0.29, 0.717) is 29.2 Å². The molecule has 160 valence electrons. The lowest BCUT2D eigenvalue weighted by Gasteiger charge is -2.13. The van der Waals surface area contributed by atoms with Gasteiger partial charge in [-0.2, -0.15) is 5.10 Å². The van der Waals surface area contributed by atoms with E-state index in [2.05, 4.69) is 10.4 Å². The van der Waals surface area contributed by atoms with Gasteiger partial charge in [0, 0.05) is 12.2 Å². The van der Waals surface area contributed by atoms with Gasteiger partial charge in [0.05, 0.1) is 18.5 Å². The number of carbonyl (C=O) groups excluding carboxylic acids is 1. The van der Waals surface area contributed by atoms with Crippen molar-refractivity contribution in [3.05, 3.63) is 80.5 Å². The molecule has 0 unspecified atom stereocenters. The highest BCUT2D eigenvalue weighted by molar-refractivity contribution is 5.91. The molecule has 4 aromatic rings. The molecule has 9 nitrogen and oxygen atoms in total. The van der Waals surface area contributed by atoms with Crippen LogP contribution in [0.5, 0.6) is 0 Å². The van der Waals surface area contributed by atoms with Gasteiger partial charge in [0.15, 0.2) is 5.52 Å². The summed E-state index contributed by atoms with van der Waals surface area (Å²) in [5.41, 5.74) is 1.76. The lowest BCUT2D eigenvalue weighted by Crippen LogP contribution is -2.42. The molecular weight excluding hydrogens is 398 g/mol. The van der Waals surface area contributed by atoms with Gasteiger partial charge in [0.2, 0.25) is 5.91 Å². The number of hydrogen-bond donors (Lipinski definition) is 1. The molecule has 3 aromatic heterocycles. The minimum absolute atomic E-state index is 0.0337. The second kappa shape index (κ2) is 8.10. The zero-order valence-electron chi connectivity index (χ0n) is 17.6. The van der Waals surface area contributed by atoms with Gasteiger partial charge in [-0.25, -0.2) is 4.79 Å². The molecule has 1 aromatic carbocycles. The highest BCUT2D eigenvalue weighted by Crippen LogP contribution is 2.15. The SMILES string of the molecule is CCn1nc(C)c2c1c(=O)n(Cc1ccco1)c(=O)n2CC(=O)Nc1cccc(C)c1. The number of aryl methyl sites for hydroxylation is 3. The van der Waals surface area contributed by atoms with Gasteiger partial charge in [-0.3, -0.25) is 23.4 Å². The van der Waals surface area contributed by atoms with E-state index in [4.69, 9.17) is 4.42 Å². The molecule has 31 heavy (non-hydrogen) atoms. The van der Waals surface area contributed by atoms with Crippen LogP contribution < -0.4 is 16.6 Å². The van der Waals surface area contributed by atoms with Crippen LogP contribution in [0, 0.1) is 13.8 Å². The van der Waals surface area contributed by atoms with E-state index in [1.54, 1.807) is 29.8 Å². The van der Waals surface area contributed by atoms with Crippen molar-refractivity contribution < 1.29 is 9.21 Å². The number of rotatable bonds is 6. The molecule has 0 fully saturated rings. The number of benzene rings is 1. The number of amides is 1. The summed E-state index contributed by atoms with van der Waals surface area (Å²) in [4.78, 5) is 39.3. The summed E-state index contributed by atoms with van der Waals surface area (Å²) >= 11 is 0. The van der Waals surface area contributed by atoms with Crippen LogP contribution >= 0.6 is 0 Å². The van der Waals surface area contributed by atoms with Crippen LogP contribution in [-0.4, -0.2) is 24.8 Å². The number of nitrogens with one attached hydrogen (secondary N) is 1. The molecule has 1 amide bonds. The third-order valence-electron chi connectivity index (χ3n) is 5.07. The Morgan fingerprint density at radius 1 is 1.10 bits per heavy atom. The first-order valence-corrected chi connectivity index (χ1v) is 9.98. The normalized spacial score (nSPS) is 11.2. The molecule has 0 aliphatic heterocycles. The van der Waals surface area contributed by atoms with E-state index in [1.165, 1.54) is 10.8 Å². The molecule has 0 saturated heterocycles. The summed E-state index contributed by atoms with van der Waals surface area (Å²) in [6.45, 7) is 5.68. The lowest BCUT2D eigenvalue weighted by atomic mass is 10.2. The Morgan fingerprint density at radius 3 is 2.58 bits per heavy atom. The molecular formula is C22H23N5O4. The first-order chi connectivity index (χ1) is 14.9. The number of aromatic nitrogens is 4. The van der Waals surface area contributed by atoms with Crippen LogP contribution in [0.2, 0.25) is 0 Å². The second-order valence-electron chi connectivity index (χ2n) is 7.36. The van der Waals surface area contributed by atoms with Crippen LogP contribution in [0.15, 0.2) is 56.7 Å². The Labute approximate surface area is 177 Å². The van der Waals surface area contributed by atoms with E-state index in [0.717, 1.165) is 10.1 Å². The molecule has 4 rings (SSSR count). The summed E-state index contributed by atoms with van der Waals surface area (Å²) in [6.07, 6.45) is 1.48. The van der Waals surface area contributed by atoms with E-state index < -0.39 is 11.2 Å². The monoisotopic (exact) mass is 421 g/mol. The Morgan fingerprint density at radius 2 is 1.90 bits per heavy atom. The molecule has 0 aliphatic rings. The minimum Gasteiger partial charge on any atom is -0.467 e. The standard InChI is InChI=1S/C22H23N5O4/c1-4-27-20-19(15(3)24-27)25(13-18(28)23-16-8-5-7-14(2)11-16)22(30)26(21(20)29)12-17-9-6-10-31-17/h5-11H,4,12-13H2,1-3H3,(H,23,28). The lowest BCUT2D eigenvalue weighted by molar-refractivity contribution is -0.116. The number of furan rings is 1. The van der Waals surface area contributed by atoms with Crippen molar-refractivity contribution in [2.24, 2.45) is 0 Å². The summed E-state index contributed by atoms with van der Waals surface area (Å²) in [6, 6.07) is 10.8. The van der Waals surface area contributed by atoms with Gasteiger partial charge in [-0.15, -0.1) is 0 Å². The first-order valence-electron chi connectivity index (χ1n) is 9.98. The Bertz CT molecular complexity index is 1380. The van der Waals surface area contributed by atoms with Gasteiger partial charge >= 0.3 is 5.69 Å². The summed E-state index contributed by atoms with van der Waals surface area (Å²) in [5.74, 6) is 0.0921. The Kier molecular flexibility index (Phi) is 5.33. The molecule has 1 N–H and O–H groups in total. The highest BCUT2D eigenvalue weighted by Gasteiger charge is 2.22. The Balaban J connectivity index is 1.83. The van der Waals surface area contributed by atoms with Crippen LogP contribution in [-0.2, 0) is 24.4 Å². The maximum Gasteiger partial charge on any atom is 0.332 e. The van der Waals surface area contributed by atoms with Crippen LogP contribution in [0.4, 0.5) is 5.69 Å². The smallest absolute Gasteiger partial charge is 0.332 e. The summed E-state index contributed by atoms with van der Waals surface area (Å²) in [5, 5.41) is 7.21. The van der Waals surface area contributed by atoms with Crippen molar-refractivity contribution in [3.63, 3.8) is 0 Å². The number of anilines is 1. The molecule has 0 saturated carbocycles. The van der Waals surface area contributed by atoms with Crippen molar-refractivity contribution in [3.8, 4) is 0 Å². The Hall–Kier alpha value is -3.88. The van der Waals surface area contributed by atoms with Gasteiger partial charge < -0.3 is 9.73 Å². The van der Waals surface area contributed by atoms with Crippen LogP contribution in [0.1, 0.15) is 23.9 Å². The molecule has 3 heterocycles. The van der Waals surface area contributed by atoms with Crippen LogP contribution in [0.25, 0.3) is 11.0 Å². The fourth-order valence-corrected chi connectivity index (χ4v) is 3.70. The first kappa shape index (κ1) is 20.4. The van der Waals surface area contributed by atoms with E-state index >= 15 is 0 Å². The molecule has 0 radical (unpaired) electrons. The zero-order valence-corrected chi connectivity index (χ0v) is 17.6. The van der Waals surface area contributed by atoms with Crippen molar-refractivity contribution in [2.75, 3.05) is 5.32 Å². The predicted molar refractivity (Wildman–Crippen MR) is 116 cm³/mol. The number of hydrogen-bond acceptors (Lipinski definition) is 5. The second-order valence-corrected chi connectivity index (χ2v) is 7.36. The number of nitrogens with zero attached hydrogens (tertiary/aromatic N) is 4. The summed E-state index contributed by atoms with van der Waals surface area (Å²) < 4.78 is 9.26. The molecule has 0 spiro atoms. The zero-order chi connectivity index (χ0) is 22.1. The van der Waals surface area contributed by atoms with Crippen LogP contribution in [0.3, 0.4) is 0 Å². The summed E-state index contributed by atoms with van der Waals surface area (Å²) in [7, 11) is 0. The van der Waals surface area contributed by atoms with Gasteiger partial charge in [-0.05, 0) is 50.6 Å². The average Bonchev–Trinajstić information content (AvgIpc) is 3.36. The van der Waals surface area contributed by atoms with Gasteiger partial charge in [-0.1, -0.05) is 12.1 Å².